The van der Waals surface area contributed by atoms with Crippen LogP contribution < -0.4 is 4.90 Å². The van der Waals surface area contributed by atoms with E-state index in [-0.39, 0.29) is 11.3 Å². The topological polar surface area (TPSA) is 90.7 Å². The lowest BCUT2D eigenvalue weighted by Gasteiger charge is -2.24. The maximum atomic E-state index is 13.3. The van der Waals surface area contributed by atoms with Crippen LogP contribution in [0.5, 0.6) is 5.75 Å². The Kier molecular flexibility index (Phi) is 5.65. The maximum Gasteiger partial charge on any atom is 0.296 e. The molecule has 1 aromatic heterocycles. The zero-order valence-electron chi connectivity index (χ0n) is 17.6. The Balaban J connectivity index is 1.61. The first kappa shape index (κ1) is 21.9. The van der Waals surface area contributed by atoms with Gasteiger partial charge in [-0.15, -0.1) is 0 Å². The Labute approximate surface area is 203 Å². The van der Waals surface area contributed by atoms with Crippen molar-refractivity contribution in [3.05, 3.63) is 106 Å². The highest BCUT2D eigenvalue weighted by Crippen LogP contribution is 2.44. The van der Waals surface area contributed by atoms with E-state index in [4.69, 9.17) is 11.6 Å². The number of anilines is 1. The molecular weight excluding hydrogens is 472 g/mol. The highest BCUT2D eigenvalue weighted by atomic mass is 35.5. The molecule has 1 amide bonds. The minimum atomic E-state index is -0.969. The van der Waals surface area contributed by atoms with E-state index in [9.17, 15) is 19.8 Å². The fourth-order valence-electron chi connectivity index (χ4n) is 3.88. The lowest BCUT2D eigenvalue weighted by Crippen LogP contribution is -2.30. The number of aliphatic hydroxyl groups excluding tert-OH is 1. The first-order valence-corrected chi connectivity index (χ1v) is 11.5. The van der Waals surface area contributed by atoms with Gasteiger partial charge in [0, 0.05) is 5.02 Å². The van der Waals surface area contributed by atoms with Crippen LogP contribution in [0, 0.1) is 0 Å². The van der Waals surface area contributed by atoms with Gasteiger partial charge in [-0.05, 0) is 47.5 Å². The molecule has 2 N–H and O–H groups in total. The Hall–Kier alpha value is -3.94. The van der Waals surface area contributed by atoms with Crippen molar-refractivity contribution in [2.75, 3.05) is 4.90 Å². The SMILES string of the molecule is O=C(/C=C/c1ccccc1)C1=C(O)C(=O)N(c2nc3ccc(Cl)cc3s2)C1c1cccc(O)c1. The number of carbonyl (C=O) groups excluding carboxylic acids is 2. The molecule has 2 heterocycles. The molecule has 4 aromatic rings. The van der Waals surface area contributed by atoms with Crippen molar-refractivity contribution in [3.8, 4) is 5.75 Å². The third-order valence-electron chi connectivity index (χ3n) is 5.43. The lowest BCUT2D eigenvalue weighted by molar-refractivity contribution is -0.117. The first-order chi connectivity index (χ1) is 16.4. The number of amides is 1. The number of phenols is 1. The van der Waals surface area contributed by atoms with Crippen molar-refractivity contribution < 1.29 is 19.8 Å². The molecule has 3 aromatic carbocycles. The quantitative estimate of drug-likeness (QED) is 0.344. The third-order valence-corrected chi connectivity index (χ3v) is 6.68. The van der Waals surface area contributed by atoms with Crippen LogP contribution >= 0.6 is 22.9 Å². The van der Waals surface area contributed by atoms with Crippen LogP contribution in [-0.2, 0) is 9.59 Å². The highest BCUT2D eigenvalue weighted by Gasteiger charge is 2.45. The lowest BCUT2D eigenvalue weighted by atomic mass is 9.95. The van der Waals surface area contributed by atoms with E-state index in [1.165, 1.54) is 34.4 Å². The summed E-state index contributed by atoms with van der Waals surface area (Å²) in [6.07, 6.45) is 2.94. The zero-order chi connectivity index (χ0) is 23.8. The van der Waals surface area contributed by atoms with Crippen molar-refractivity contribution in [1.82, 2.24) is 4.98 Å². The minimum Gasteiger partial charge on any atom is -0.508 e. The van der Waals surface area contributed by atoms with Crippen molar-refractivity contribution >= 4 is 56.1 Å². The molecule has 0 spiro atoms. The number of hydrogen-bond acceptors (Lipinski definition) is 6. The fraction of sp³-hybridized carbons (Fsp3) is 0.0385. The van der Waals surface area contributed by atoms with Gasteiger partial charge in [0.1, 0.15) is 5.75 Å². The van der Waals surface area contributed by atoms with Gasteiger partial charge in [0.2, 0.25) is 0 Å². The fourth-order valence-corrected chi connectivity index (χ4v) is 5.15. The summed E-state index contributed by atoms with van der Waals surface area (Å²) < 4.78 is 0.758. The summed E-state index contributed by atoms with van der Waals surface area (Å²) in [5.74, 6) is -1.93. The second-order valence-corrected chi connectivity index (χ2v) is 9.10. The number of allylic oxidation sites excluding steroid dienone is 1. The van der Waals surface area contributed by atoms with Crippen molar-refractivity contribution in [2.45, 2.75) is 6.04 Å². The summed E-state index contributed by atoms with van der Waals surface area (Å²) in [5, 5.41) is 21.7. The molecule has 0 fully saturated rings. The number of carbonyl (C=O) groups is 2. The normalized spacial score (nSPS) is 16.2. The number of aromatic hydroxyl groups is 1. The largest absolute Gasteiger partial charge is 0.508 e. The smallest absolute Gasteiger partial charge is 0.296 e. The Morgan fingerprint density at radius 2 is 1.82 bits per heavy atom. The van der Waals surface area contributed by atoms with Gasteiger partial charge < -0.3 is 10.2 Å². The Bertz CT molecular complexity index is 1490. The highest BCUT2D eigenvalue weighted by molar-refractivity contribution is 7.22. The number of phenolic OH excluding ortho intramolecular Hbond substituents is 1. The molecule has 5 rings (SSSR count). The van der Waals surface area contributed by atoms with Crippen LogP contribution in [0.1, 0.15) is 17.2 Å². The van der Waals surface area contributed by atoms with Gasteiger partial charge in [-0.3, -0.25) is 14.5 Å². The molecule has 0 radical (unpaired) electrons. The molecule has 0 saturated carbocycles. The number of thiazole rings is 1. The molecule has 1 aliphatic rings. The number of aromatic nitrogens is 1. The average Bonchev–Trinajstić information content (AvgIpc) is 3.36. The summed E-state index contributed by atoms with van der Waals surface area (Å²) in [5.41, 5.74) is 1.82. The average molecular weight is 489 g/mol. The number of aliphatic hydroxyl groups is 1. The third kappa shape index (κ3) is 3.96. The van der Waals surface area contributed by atoms with Crippen molar-refractivity contribution in [3.63, 3.8) is 0 Å². The van der Waals surface area contributed by atoms with Gasteiger partial charge >= 0.3 is 0 Å². The van der Waals surface area contributed by atoms with Gasteiger partial charge in [-0.2, -0.15) is 0 Å². The summed E-state index contributed by atoms with van der Waals surface area (Å²) >= 11 is 7.32. The number of nitrogens with zero attached hydrogens (tertiary/aromatic N) is 2. The second-order valence-electron chi connectivity index (χ2n) is 7.65. The Morgan fingerprint density at radius 1 is 1.03 bits per heavy atom. The van der Waals surface area contributed by atoms with Gasteiger partial charge in [-0.1, -0.05) is 71.5 Å². The van der Waals surface area contributed by atoms with Crippen LogP contribution in [0.2, 0.25) is 5.02 Å². The van der Waals surface area contributed by atoms with E-state index in [1.807, 2.05) is 30.3 Å². The number of hydrogen-bond donors (Lipinski definition) is 2. The van der Waals surface area contributed by atoms with Crippen LogP contribution in [-0.4, -0.2) is 26.9 Å². The van der Waals surface area contributed by atoms with Gasteiger partial charge in [0.05, 0.1) is 21.8 Å². The van der Waals surface area contributed by atoms with Crippen LogP contribution in [0.3, 0.4) is 0 Å². The molecule has 0 aliphatic carbocycles. The molecule has 1 unspecified atom stereocenters. The van der Waals surface area contributed by atoms with Crippen molar-refractivity contribution in [1.29, 1.82) is 0 Å². The van der Waals surface area contributed by atoms with E-state index >= 15 is 0 Å². The predicted octanol–water partition coefficient (Wildman–Crippen LogP) is 5.84. The second kappa shape index (κ2) is 8.78. The molecule has 1 atom stereocenters. The molecule has 0 bridgehead atoms. The first-order valence-electron chi connectivity index (χ1n) is 10.3. The van der Waals surface area contributed by atoms with Crippen LogP contribution in [0.25, 0.3) is 16.3 Å². The number of fused-ring (bicyclic) bond motifs is 1. The molecule has 8 heteroatoms. The van der Waals surface area contributed by atoms with Crippen LogP contribution in [0.4, 0.5) is 5.13 Å². The molecule has 1 aliphatic heterocycles. The van der Waals surface area contributed by atoms with E-state index < -0.39 is 23.5 Å². The zero-order valence-corrected chi connectivity index (χ0v) is 19.1. The molecule has 34 heavy (non-hydrogen) atoms. The summed E-state index contributed by atoms with van der Waals surface area (Å²) in [6, 6.07) is 19.7. The number of ketones is 1. The maximum absolute atomic E-state index is 13.3. The van der Waals surface area contributed by atoms with E-state index in [0.29, 0.717) is 21.2 Å². The summed E-state index contributed by atoms with van der Waals surface area (Å²) in [6.45, 7) is 0. The summed E-state index contributed by atoms with van der Waals surface area (Å²) in [7, 11) is 0. The van der Waals surface area contributed by atoms with E-state index in [0.717, 1.165) is 10.3 Å². The monoisotopic (exact) mass is 488 g/mol. The van der Waals surface area contributed by atoms with Gasteiger partial charge in [0.15, 0.2) is 16.7 Å². The van der Waals surface area contributed by atoms with Crippen LogP contribution in [0.15, 0.2) is 90.2 Å². The number of rotatable bonds is 5. The minimum absolute atomic E-state index is 0.0287. The van der Waals surface area contributed by atoms with Gasteiger partial charge in [-0.25, -0.2) is 4.98 Å². The summed E-state index contributed by atoms with van der Waals surface area (Å²) in [4.78, 5) is 32.3. The van der Waals surface area contributed by atoms with E-state index in [2.05, 4.69) is 4.98 Å². The van der Waals surface area contributed by atoms with Crippen molar-refractivity contribution in [2.24, 2.45) is 0 Å². The molecule has 168 valence electrons. The van der Waals surface area contributed by atoms with E-state index in [1.54, 1.807) is 36.4 Å². The predicted molar refractivity (Wildman–Crippen MR) is 133 cm³/mol. The standard InChI is InChI=1S/C26H17ClN2O4S/c27-17-10-11-19-21(14-17)34-26(28-19)29-23(16-7-4-8-18(30)13-16)22(24(32)25(29)33)20(31)12-9-15-5-2-1-3-6-15/h1-14,23,30,32H/b12-9+. The number of halogens is 1. The Morgan fingerprint density at radius 3 is 2.59 bits per heavy atom. The molecule has 0 saturated heterocycles. The number of benzene rings is 3. The molecular formula is C26H17ClN2O4S. The molecule has 6 nitrogen and oxygen atoms in total. The van der Waals surface area contributed by atoms with Gasteiger partial charge in [0.25, 0.3) is 5.91 Å².